The summed E-state index contributed by atoms with van der Waals surface area (Å²) in [6.07, 6.45) is 10.6. The molecule has 2 aliphatic rings. The Bertz CT molecular complexity index is 376. The molecule has 1 N–H and O–H groups in total. The van der Waals surface area contributed by atoms with Crippen LogP contribution in [-0.2, 0) is 4.74 Å². The smallest absolute Gasteiger partial charge is 0.410 e. The number of hydrogen-bond donors (Lipinski definition) is 1. The molecule has 1 heterocycles. The highest BCUT2D eigenvalue weighted by Gasteiger charge is 2.31. The summed E-state index contributed by atoms with van der Waals surface area (Å²) in [4.78, 5) is 14.4. The Balaban J connectivity index is 1.81. The van der Waals surface area contributed by atoms with Crippen molar-refractivity contribution in [2.24, 2.45) is 0 Å². The fraction of sp³-hybridized carbons (Fsp3) is 0.944. The van der Waals surface area contributed by atoms with Gasteiger partial charge in [-0.25, -0.2) is 4.79 Å². The first-order valence-electron chi connectivity index (χ1n) is 9.15. The standard InChI is InChI=1S/C18H34N2O2S/c1-18(2,3)22-17(21)20-12-6-5-7-15(20)13-19-14-8-10-16(23-4)11-9-14/h14-16,19H,5-13H2,1-4H3. The molecule has 2 fully saturated rings. The van der Waals surface area contributed by atoms with Gasteiger partial charge >= 0.3 is 6.09 Å². The van der Waals surface area contributed by atoms with Crippen molar-refractivity contribution in [3.63, 3.8) is 0 Å². The number of nitrogens with zero attached hydrogens (tertiary/aromatic N) is 1. The molecule has 2 rings (SSSR count). The van der Waals surface area contributed by atoms with E-state index < -0.39 is 5.60 Å². The van der Waals surface area contributed by atoms with Crippen molar-refractivity contribution in [1.82, 2.24) is 10.2 Å². The fourth-order valence-electron chi connectivity index (χ4n) is 3.58. The number of hydrogen-bond acceptors (Lipinski definition) is 4. The van der Waals surface area contributed by atoms with Crippen molar-refractivity contribution in [3.05, 3.63) is 0 Å². The monoisotopic (exact) mass is 342 g/mol. The first kappa shape index (κ1) is 18.9. The zero-order valence-electron chi connectivity index (χ0n) is 15.3. The van der Waals surface area contributed by atoms with Crippen LogP contribution in [0.2, 0.25) is 0 Å². The number of rotatable bonds is 4. The largest absolute Gasteiger partial charge is 0.444 e. The van der Waals surface area contributed by atoms with Crippen LogP contribution in [-0.4, -0.2) is 53.3 Å². The maximum Gasteiger partial charge on any atom is 0.410 e. The van der Waals surface area contributed by atoms with Gasteiger partial charge in [0.25, 0.3) is 0 Å². The number of nitrogens with one attached hydrogen (secondary N) is 1. The SMILES string of the molecule is CSC1CCC(NCC2CCCCN2C(=O)OC(C)(C)C)CC1. The molecule has 1 aliphatic carbocycles. The molecule has 0 bridgehead atoms. The molecule has 23 heavy (non-hydrogen) atoms. The minimum atomic E-state index is -0.414. The minimum absolute atomic E-state index is 0.143. The van der Waals surface area contributed by atoms with Gasteiger partial charge in [-0.15, -0.1) is 0 Å². The molecule has 0 aromatic rings. The third-order valence-corrected chi connectivity index (χ3v) is 6.04. The molecule has 1 saturated heterocycles. The highest BCUT2D eigenvalue weighted by Crippen LogP contribution is 2.27. The Morgan fingerprint density at radius 3 is 2.48 bits per heavy atom. The van der Waals surface area contributed by atoms with Gasteiger partial charge in [-0.05, 0) is 72.0 Å². The molecule has 1 atom stereocenters. The summed E-state index contributed by atoms with van der Waals surface area (Å²) in [5.74, 6) is 0. The van der Waals surface area contributed by atoms with Crippen LogP contribution in [0.1, 0.15) is 65.7 Å². The summed E-state index contributed by atoms with van der Waals surface area (Å²) in [5.41, 5.74) is -0.414. The van der Waals surface area contributed by atoms with E-state index in [1.807, 2.05) is 37.4 Å². The van der Waals surface area contributed by atoms with E-state index in [2.05, 4.69) is 11.6 Å². The first-order valence-corrected chi connectivity index (χ1v) is 10.4. The van der Waals surface area contributed by atoms with E-state index in [0.29, 0.717) is 6.04 Å². The number of piperidine rings is 1. The van der Waals surface area contributed by atoms with E-state index in [-0.39, 0.29) is 12.1 Å². The zero-order chi connectivity index (χ0) is 16.9. The molecule has 0 aromatic carbocycles. The summed E-state index contributed by atoms with van der Waals surface area (Å²) in [6, 6.07) is 0.915. The molecule has 1 amide bonds. The predicted molar refractivity (Wildman–Crippen MR) is 98.1 cm³/mol. The van der Waals surface area contributed by atoms with E-state index in [1.54, 1.807) is 0 Å². The van der Waals surface area contributed by atoms with Crippen LogP contribution >= 0.6 is 11.8 Å². The second kappa shape index (κ2) is 8.61. The molecule has 0 radical (unpaired) electrons. The summed E-state index contributed by atoms with van der Waals surface area (Å²) in [6.45, 7) is 7.55. The highest BCUT2D eigenvalue weighted by atomic mass is 32.2. The summed E-state index contributed by atoms with van der Waals surface area (Å²) in [7, 11) is 0. The van der Waals surface area contributed by atoms with E-state index in [0.717, 1.165) is 31.2 Å². The lowest BCUT2D eigenvalue weighted by atomic mass is 9.94. The molecule has 134 valence electrons. The summed E-state index contributed by atoms with van der Waals surface area (Å²) in [5, 5.41) is 4.57. The summed E-state index contributed by atoms with van der Waals surface area (Å²) < 4.78 is 5.58. The fourth-order valence-corrected chi connectivity index (χ4v) is 4.32. The van der Waals surface area contributed by atoms with Crippen LogP contribution in [0.5, 0.6) is 0 Å². The van der Waals surface area contributed by atoms with Gasteiger partial charge in [-0.1, -0.05) is 0 Å². The van der Waals surface area contributed by atoms with Crippen LogP contribution in [0.4, 0.5) is 4.79 Å². The first-order chi connectivity index (χ1) is 10.9. The molecule has 1 unspecified atom stereocenters. The van der Waals surface area contributed by atoms with Gasteiger partial charge in [0.2, 0.25) is 0 Å². The van der Waals surface area contributed by atoms with Crippen LogP contribution < -0.4 is 5.32 Å². The number of thioether (sulfide) groups is 1. The van der Waals surface area contributed by atoms with Gasteiger partial charge in [-0.3, -0.25) is 0 Å². The highest BCUT2D eigenvalue weighted by molar-refractivity contribution is 7.99. The van der Waals surface area contributed by atoms with E-state index in [1.165, 1.54) is 32.1 Å². The minimum Gasteiger partial charge on any atom is -0.444 e. The Labute approximate surface area is 146 Å². The van der Waals surface area contributed by atoms with E-state index in [4.69, 9.17) is 4.74 Å². The third-order valence-electron chi connectivity index (χ3n) is 4.90. The van der Waals surface area contributed by atoms with Crippen LogP contribution in [0.15, 0.2) is 0 Å². The number of amides is 1. The molecule has 1 saturated carbocycles. The predicted octanol–water partition coefficient (Wildman–Crippen LogP) is 4.04. The van der Waals surface area contributed by atoms with Crippen molar-refractivity contribution < 1.29 is 9.53 Å². The van der Waals surface area contributed by atoms with Gasteiger partial charge in [0.1, 0.15) is 5.60 Å². The number of likely N-dealkylation sites (tertiary alicyclic amines) is 1. The topological polar surface area (TPSA) is 41.6 Å². The van der Waals surface area contributed by atoms with Crippen LogP contribution in [0, 0.1) is 0 Å². The number of ether oxygens (including phenoxy) is 1. The van der Waals surface area contributed by atoms with Gasteiger partial charge in [0.05, 0.1) is 0 Å². The molecule has 0 aromatic heterocycles. The van der Waals surface area contributed by atoms with E-state index >= 15 is 0 Å². The average molecular weight is 343 g/mol. The van der Waals surface area contributed by atoms with Crippen molar-refractivity contribution in [2.45, 2.75) is 88.7 Å². The van der Waals surface area contributed by atoms with Crippen molar-refractivity contribution in [3.8, 4) is 0 Å². The quantitative estimate of drug-likeness (QED) is 0.837. The zero-order valence-corrected chi connectivity index (χ0v) is 16.1. The second-order valence-corrected chi connectivity index (χ2v) is 9.08. The normalized spacial score (nSPS) is 29.4. The van der Waals surface area contributed by atoms with Crippen LogP contribution in [0.3, 0.4) is 0 Å². The Hall–Kier alpha value is -0.420. The lowest BCUT2D eigenvalue weighted by Crippen LogP contribution is -2.51. The molecule has 1 aliphatic heterocycles. The maximum atomic E-state index is 12.4. The second-order valence-electron chi connectivity index (χ2n) is 7.94. The molecular weight excluding hydrogens is 308 g/mol. The van der Waals surface area contributed by atoms with Crippen molar-refractivity contribution in [2.75, 3.05) is 19.3 Å². The summed E-state index contributed by atoms with van der Waals surface area (Å²) >= 11 is 2.01. The molecule has 4 nitrogen and oxygen atoms in total. The van der Waals surface area contributed by atoms with Crippen molar-refractivity contribution in [1.29, 1.82) is 0 Å². The Kier molecular flexibility index (Phi) is 7.08. The van der Waals surface area contributed by atoms with E-state index in [9.17, 15) is 4.79 Å². The molecule has 5 heteroatoms. The van der Waals surface area contributed by atoms with Gasteiger partial charge in [0, 0.05) is 30.4 Å². The lowest BCUT2D eigenvalue weighted by Gasteiger charge is -2.38. The Morgan fingerprint density at radius 1 is 1.17 bits per heavy atom. The van der Waals surface area contributed by atoms with Crippen LogP contribution in [0.25, 0.3) is 0 Å². The third kappa shape index (κ3) is 6.18. The van der Waals surface area contributed by atoms with Crippen molar-refractivity contribution >= 4 is 17.9 Å². The average Bonchev–Trinajstić information content (AvgIpc) is 2.52. The van der Waals surface area contributed by atoms with Gasteiger partial charge in [-0.2, -0.15) is 11.8 Å². The maximum absolute atomic E-state index is 12.4. The lowest BCUT2D eigenvalue weighted by molar-refractivity contribution is 0.00953. The number of carbonyl (C=O) groups is 1. The molecular formula is C18H34N2O2S. The van der Waals surface area contributed by atoms with Gasteiger partial charge in [0.15, 0.2) is 0 Å². The Morgan fingerprint density at radius 2 is 1.87 bits per heavy atom. The number of carbonyl (C=O) groups excluding carboxylic acids is 1. The van der Waals surface area contributed by atoms with Gasteiger partial charge < -0.3 is 15.0 Å². The molecule has 0 spiro atoms.